The number of imidazole rings is 1. The van der Waals surface area contributed by atoms with Gasteiger partial charge < -0.3 is 0 Å². The number of aromatic nitrogens is 2. The minimum atomic E-state index is 0.00278. The monoisotopic (exact) mass is 466 g/mol. The van der Waals surface area contributed by atoms with Gasteiger partial charge in [-0.1, -0.05) is 74.5 Å². The van der Waals surface area contributed by atoms with Crippen molar-refractivity contribution >= 4 is 50.0 Å². The van der Waals surface area contributed by atoms with E-state index in [1.54, 1.807) is 16.2 Å². The highest BCUT2D eigenvalue weighted by atomic mass is 32.2. The van der Waals surface area contributed by atoms with Crippen LogP contribution in [0.2, 0.25) is 0 Å². The summed E-state index contributed by atoms with van der Waals surface area (Å²) in [5.41, 5.74) is 3.83. The first kappa shape index (κ1) is 25.0. The summed E-state index contributed by atoms with van der Waals surface area (Å²) < 4.78 is 1.73. The molecule has 0 N–H and O–H groups in total. The van der Waals surface area contributed by atoms with Crippen LogP contribution in [-0.2, 0) is 0 Å². The van der Waals surface area contributed by atoms with E-state index in [-0.39, 0.29) is 5.56 Å². The fourth-order valence-electron chi connectivity index (χ4n) is 4.02. The first-order chi connectivity index (χ1) is 16.7. The van der Waals surface area contributed by atoms with Crippen LogP contribution in [0.15, 0.2) is 108 Å². The smallest absolute Gasteiger partial charge is 0.264 e. The number of rotatable bonds is 1. The second-order valence-electron chi connectivity index (χ2n) is 7.24. The number of aryl methyl sites for hydroxylation is 1. The van der Waals surface area contributed by atoms with Crippen molar-refractivity contribution in [2.75, 3.05) is 6.26 Å². The van der Waals surface area contributed by atoms with Gasteiger partial charge in [-0.3, -0.25) is 9.20 Å². The Labute approximate surface area is 205 Å². The van der Waals surface area contributed by atoms with Crippen LogP contribution in [0.25, 0.3) is 38.2 Å². The van der Waals surface area contributed by atoms with Crippen LogP contribution in [0.5, 0.6) is 0 Å². The van der Waals surface area contributed by atoms with Gasteiger partial charge in [-0.2, -0.15) is 0 Å². The summed E-state index contributed by atoms with van der Waals surface area (Å²) in [6.07, 6.45) is 2.10. The Morgan fingerprint density at radius 3 is 2.06 bits per heavy atom. The van der Waals surface area contributed by atoms with Gasteiger partial charge in [-0.05, 0) is 48.4 Å². The molecule has 0 aliphatic carbocycles. The molecule has 0 aliphatic rings. The van der Waals surface area contributed by atoms with E-state index in [1.165, 1.54) is 10.5 Å². The predicted molar refractivity (Wildman–Crippen MR) is 151 cm³/mol. The molecule has 0 atom stereocenters. The Balaban J connectivity index is 0.000000211. The molecule has 0 amide bonds. The van der Waals surface area contributed by atoms with E-state index >= 15 is 0 Å². The molecular formula is C30H30N2OS. The Kier molecular flexibility index (Phi) is 8.44. The third-order valence-electron chi connectivity index (χ3n) is 5.45. The van der Waals surface area contributed by atoms with Crippen molar-refractivity contribution in [3.63, 3.8) is 0 Å². The average molecular weight is 467 g/mol. The molecule has 0 saturated carbocycles. The fourth-order valence-corrected chi connectivity index (χ4v) is 4.63. The summed E-state index contributed by atoms with van der Waals surface area (Å²) >= 11 is 1.80. The summed E-state index contributed by atoms with van der Waals surface area (Å²) in [5, 5.41) is 3.86. The van der Waals surface area contributed by atoms with Gasteiger partial charge in [0.1, 0.15) is 5.65 Å². The van der Waals surface area contributed by atoms with Crippen LogP contribution in [0.4, 0.5) is 0 Å². The van der Waals surface area contributed by atoms with Crippen molar-refractivity contribution in [2.24, 2.45) is 0 Å². The zero-order chi connectivity index (χ0) is 24.7. The maximum absolute atomic E-state index is 12.9. The van der Waals surface area contributed by atoms with Crippen molar-refractivity contribution in [3.8, 4) is 0 Å². The molecule has 2 aromatic heterocycles. The van der Waals surface area contributed by atoms with Crippen molar-refractivity contribution in [3.05, 3.63) is 114 Å². The molecule has 0 saturated heterocycles. The molecule has 2 heterocycles. The minimum Gasteiger partial charge on any atom is -0.268 e. The second kappa shape index (κ2) is 11.5. The number of fused-ring (bicyclic) bond motifs is 4. The summed E-state index contributed by atoms with van der Waals surface area (Å²) in [5.74, 6) is 0. The van der Waals surface area contributed by atoms with E-state index in [9.17, 15) is 4.79 Å². The predicted octanol–water partition coefficient (Wildman–Crippen LogP) is 8.14. The average Bonchev–Trinajstić information content (AvgIpc) is 3.30. The Bertz CT molecular complexity index is 1580. The molecular weight excluding hydrogens is 436 g/mol. The van der Waals surface area contributed by atoms with Crippen LogP contribution in [-0.4, -0.2) is 15.6 Å². The third kappa shape index (κ3) is 4.55. The van der Waals surface area contributed by atoms with Crippen LogP contribution < -0.4 is 5.56 Å². The van der Waals surface area contributed by atoms with Gasteiger partial charge >= 0.3 is 0 Å². The van der Waals surface area contributed by atoms with Gasteiger partial charge in [0.25, 0.3) is 5.56 Å². The zero-order valence-electron chi connectivity index (χ0n) is 20.2. The number of nitrogens with zero attached hydrogens (tertiary/aromatic N) is 2. The molecule has 0 spiro atoms. The Morgan fingerprint density at radius 2 is 1.41 bits per heavy atom. The highest BCUT2D eigenvalue weighted by Gasteiger charge is 2.14. The van der Waals surface area contributed by atoms with Crippen LogP contribution >= 0.6 is 11.8 Å². The highest BCUT2D eigenvalue weighted by Crippen LogP contribution is 2.29. The van der Waals surface area contributed by atoms with Crippen molar-refractivity contribution in [2.45, 2.75) is 25.7 Å². The van der Waals surface area contributed by atoms with Crippen molar-refractivity contribution < 1.29 is 0 Å². The van der Waals surface area contributed by atoms with Crippen LogP contribution in [0, 0.1) is 6.92 Å². The van der Waals surface area contributed by atoms with E-state index in [2.05, 4.69) is 55.6 Å². The lowest BCUT2D eigenvalue weighted by atomic mass is 10.0. The largest absolute Gasteiger partial charge is 0.268 e. The van der Waals surface area contributed by atoms with Crippen LogP contribution in [0.3, 0.4) is 0 Å². The lowest BCUT2D eigenvalue weighted by Gasteiger charge is -2.06. The maximum atomic E-state index is 12.9. The standard InChI is InChI=1S/C18H10N2O.C8H10S.C2H6.C2H4/c21-18-13-8-4-6-11-5-3-7-12(16(11)13)17-19-14-9-1-2-10-15(14)20(17)18;1-7-5-3-4-6-8(7)9-2;2*1-2/h1-10H;3-6H,1-2H3;1-2H3;1-2H2. The maximum Gasteiger partial charge on any atom is 0.264 e. The van der Waals surface area contributed by atoms with Gasteiger partial charge in [0.05, 0.1) is 11.0 Å². The topological polar surface area (TPSA) is 34.4 Å². The molecule has 6 rings (SSSR count). The molecule has 4 aromatic carbocycles. The first-order valence-electron chi connectivity index (χ1n) is 11.3. The summed E-state index contributed by atoms with van der Waals surface area (Å²) in [7, 11) is 0. The van der Waals surface area contributed by atoms with E-state index in [1.807, 2.05) is 74.5 Å². The minimum absolute atomic E-state index is 0.00278. The van der Waals surface area contributed by atoms with E-state index < -0.39 is 0 Å². The molecule has 0 bridgehead atoms. The number of pyridine rings is 1. The normalized spacial score (nSPS) is 10.2. The summed E-state index contributed by atoms with van der Waals surface area (Å²) in [6, 6.07) is 28.1. The lowest BCUT2D eigenvalue weighted by Crippen LogP contribution is -2.13. The van der Waals surface area contributed by atoms with Crippen molar-refractivity contribution in [1.82, 2.24) is 9.38 Å². The van der Waals surface area contributed by atoms with Gasteiger partial charge in [0.15, 0.2) is 0 Å². The number of thioether (sulfide) groups is 1. The molecule has 172 valence electrons. The van der Waals surface area contributed by atoms with Gasteiger partial charge in [0.2, 0.25) is 0 Å². The zero-order valence-corrected chi connectivity index (χ0v) is 21.0. The quantitative estimate of drug-likeness (QED) is 0.181. The number of benzene rings is 4. The molecule has 4 heteroatoms. The molecule has 3 nitrogen and oxygen atoms in total. The van der Waals surface area contributed by atoms with E-state index in [4.69, 9.17) is 0 Å². The Hall–Kier alpha value is -3.63. The van der Waals surface area contributed by atoms with E-state index in [0.717, 1.165) is 38.2 Å². The van der Waals surface area contributed by atoms with Gasteiger partial charge in [0, 0.05) is 21.1 Å². The molecule has 0 radical (unpaired) electrons. The number of para-hydroxylation sites is 2. The molecule has 0 aliphatic heterocycles. The Morgan fingerprint density at radius 1 is 0.794 bits per heavy atom. The van der Waals surface area contributed by atoms with Crippen molar-refractivity contribution in [1.29, 1.82) is 0 Å². The number of hydrogen-bond donors (Lipinski definition) is 0. The molecule has 34 heavy (non-hydrogen) atoms. The highest BCUT2D eigenvalue weighted by molar-refractivity contribution is 7.98. The third-order valence-corrected chi connectivity index (χ3v) is 6.35. The van der Waals surface area contributed by atoms with E-state index in [0.29, 0.717) is 0 Å². The van der Waals surface area contributed by atoms with Gasteiger partial charge in [-0.25, -0.2) is 4.98 Å². The second-order valence-corrected chi connectivity index (χ2v) is 8.09. The first-order valence-corrected chi connectivity index (χ1v) is 12.6. The fraction of sp³-hybridized carbons (Fsp3) is 0.133. The summed E-state index contributed by atoms with van der Waals surface area (Å²) in [4.78, 5) is 18.9. The number of hydrogen-bond acceptors (Lipinski definition) is 3. The SMILES string of the molecule is C=C.CC.CSc1ccccc1C.O=c1c2cccc3cccc(c32)c2nc3ccccc3n12. The van der Waals surface area contributed by atoms with Gasteiger partial charge in [-0.15, -0.1) is 24.9 Å². The molecule has 0 unspecified atom stereocenters. The van der Waals surface area contributed by atoms with Crippen LogP contribution in [0.1, 0.15) is 19.4 Å². The molecule has 6 aromatic rings. The lowest BCUT2D eigenvalue weighted by molar-refractivity contribution is 1.19. The summed E-state index contributed by atoms with van der Waals surface area (Å²) in [6.45, 7) is 12.1. The molecule has 0 fully saturated rings.